The molecule has 3 N–H and O–H groups in total. The zero-order valence-electron chi connectivity index (χ0n) is 20.5. The quantitative estimate of drug-likeness (QED) is 0.343. The number of hydrogen-bond acceptors (Lipinski definition) is 6. The summed E-state index contributed by atoms with van der Waals surface area (Å²) in [6.07, 6.45) is -8.33. The van der Waals surface area contributed by atoms with E-state index in [1.165, 1.54) is 0 Å². The number of aromatic nitrogens is 2. The van der Waals surface area contributed by atoms with Gasteiger partial charge >= 0.3 is 24.3 Å². The average molecular weight is 633 g/mol. The molecule has 1 amide bonds. The molecule has 0 aliphatic carbocycles. The Morgan fingerprint density at radius 2 is 1.49 bits per heavy atom. The first-order valence-corrected chi connectivity index (χ1v) is 11.9. The average Bonchev–Trinajstić information content (AvgIpc) is 3.25. The molecule has 1 aromatic carbocycles. The lowest BCUT2D eigenvalue weighted by Crippen LogP contribution is -2.35. The molecular formula is C23H20Cl2F6N4O6. The molecule has 3 heterocycles. The van der Waals surface area contributed by atoms with Gasteiger partial charge in [0.2, 0.25) is 5.82 Å². The van der Waals surface area contributed by atoms with Crippen LogP contribution in [0.2, 0.25) is 10.0 Å². The van der Waals surface area contributed by atoms with Crippen molar-refractivity contribution in [3.63, 3.8) is 0 Å². The van der Waals surface area contributed by atoms with Crippen molar-refractivity contribution < 1.29 is 55.7 Å². The number of fused-ring (bicyclic) bond motifs is 1. The van der Waals surface area contributed by atoms with Crippen LogP contribution < -0.4 is 5.32 Å². The topological polar surface area (TPSA) is 133 Å². The number of imidazole rings is 1. The third kappa shape index (κ3) is 10.1. The molecule has 18 heteroatoms. The predicted octanol–water partition coefficient (Wildman–Crippen LogP) is 4.99. The fourth-order valence-electron chi connectivity index (χ4n) is 3.13. The summed E-state index contributed by atoms with van der Waals surface area (Å²) in [5.74, 6) is -5.54. The number of halogens is 8. The van der Waals surface area contributed by atoms with Crippen LogP contribution in [0.4, 0.5) is 32.0 Å². The first kappa shape index (κ1) is 33.6. The summed E-state index contributed by atoms with van der Waals surface area (Å²) >= 11 is 12.2. The van der Waals surface area contributed by atoms with Crippen molar-refractivity contribution >= 4 is 52.3 Å². The molecule has 1 saturated heterocycles. The van der Waals surface area contributed by atoms with Crippen LogP contribution in [0.3, 0.4) is 0 Å². The Hall–Kier alpha value is -3.60. The molecule has 0 bridgehead atoms. The normalized spacial score (nSPS) is 13.9. The van der Waals surface area contributed by atoms with E-state index in [0.717, 1.165) is 24.3 Å². The molecule has 1 fully saturated rings. The number of amides is 1. The molecule has 0 radical (unpaired) electrons. The number of pyridine rings is 1. The SMILES string of the molecule is O=C(Nc1cccc(Cl)c1Cl)c1nc(CN2CCOCC2)c2ccccn12.O=C(O)C(F)(F)F.O=C(O)C(F)(F)F. The summed E-state index contributed by atoms with van der Waals surface area (Å²) < 4.78 is 70.7. The first-order chi connectivity index (χ1) is 19.0. The number of alkyl halides is 6. The van der Waals surface area contributed by atoms with Crippen molar-refractivity contribution in [1.29, 1.82) is 0 Å². The number of carboxylic acids is 2. The summed E-state index contributed by atoms with van der Waals surface area (Å²) in [7, 11) is 0. The third-order valence-corrected chi connectivity index (χ3v) is 5.81. The summed E-state index contributed by atoms with van der Waals surface area (Å²) in [5, 5.41) is 17.7. The molecule has 4 rings (SSSR count). The van der Waals surface area contributed by atoms with Gasteiger partial charge in [0.1, 0.15) is 0 Å². The highest BCUT2D eigenvalue weighted by Gasteiger charge is 2.38. The zero-order chi connectivity index (χ0) is 31.0. The maximum atomic E-state index is 12.9. The predicted molar refractivity (Wildman–Crippen MR) is 133 cm³/mol. The Morgan fingerprint density at radius 3 is 2.02 bits per heavy atom. The maximum absolute atomic E-state index is 12.9. The van der Waals surface area contributed by atoms with E-state index in [2.05, 4.69) is 15.2 Å². The fourth-order valence-corrected chi connectivity index (χ4v) is 3.48. The largest absolute Gasteiger partial charge is 0.490 e. The summed E-state index contributed by atoms with van der Waals surface area (Å²) in [5.41, 5.74) is 2.22. The van der Waals surface area contributed by atoms with Gasteiger partial charge in [-0.2, -0.15) is 26.3 Å². The van der Waals surface area contributed by atoms with Gasteiger partial charge in [0.25, 0.3) is 5.91 Å². The number of rotatable bonds is 4. The molecule has 10 nitrogen and oxygen atoms in total. The molecule has 0 saturated carbocycles. The van der Waals surface area contributed by atoms with Crippen LogP contribution in [0, 0.1) is 0 Å². The highest BCUT2D eigenvalue weighted by molar-refractivity contribution is 6.44. The summed E-state index contributed by atoms with van der Waals surface area (Å²) in [6, 6.07) is 10.9. The van der Waals surface area contributed by atoms with E-state index in [1.54, 1.807) is 22.6 Å². The molecule has 41 heavy (non-hydrogen) atoms. The number of nitrogens with one attached hydrogen (secondary N) is 1. The second kappa shape index (κ2) is 14.3. The molecule has 1 aliphatic rings. The number of hydrogen-bond donors (Lipinski definition) is 3. The Balaban J connectivity index is 0.000000349. The van der Waals surface area contributed by atoms with Crippen molar-refractivity contribution in [1.82, 2.24) is 14.3 Å². The lowest BCUT2D eigenvalue weighted by Gasteiger charge is -2.25. The van der Waals surface area contributed by atoms with E-state index in [-0.39, 0.29) is 5.91 Å². The second-order valence-electron chi connectivity index (χ2n) is 7.89. The van der Waals surface area contributed by atoms with Gasteiger partial charge in [0.15, 0.2) is 0 Å². The van der Waals surface area contributed by atoms with Gasteiger partial charge < -0.3 is 20.3 Å². The summed E-state index contributed by atoms with van der Waals surface area (Å²) in [6.45, 7) is 3.80. The number of nitrogens with zero attached hydrogens (tertiary/aromatic N) is 3. The standard InChI is InChI=1S/C19H18Cl2N4O2.2C2HF3O2/c20-13-4-3-5-14(17(13)21)23-19(26)18-22-15(12-24-8-10-27-11-9-24)16-6-1-2-7-25(16)18;2*3-2(4,5)1(6)7/h1-7H,8-12H2,(H,23,26);2*(H,6,7). The number of ether oxygens (including phenoxy) is 1. The van der Waals surface area contributed by atoms with E-state index in [4.69, 9.17) is 47.7 Å². The molecule has 224 valence electrons. The van der Waals surface area contributed by atoms with Crippen LogP contribution in [0.5, 0.6) is 0 Å². The van der Waals surface area contributed by atoms with Crippen LogP contribution in [0.15, 0.2) is 42.6 Å². The highest BCUT2D eigenvalue weighted by atomic mass is 35.5. The minimum Gasteiger partial charge on any atom is -0.475 e. The number of morpholine rings is 1. The molecule has 0 atom stereocenters. The highest BCUT2D eigenvalue weighted by Crippen LogP contribution is 2.30. The van der Waals surface area contributed by atoms with Crippen molar-refractivity contribution in [3.05, 3.63) is 64.2 Å². The van der Waals surface area contributed by atoms with Crippen molar-refractivity contribution in [3.8, 4) is 0 Å². The minimum atomic E-state index is -5.08. The van der Waals surface area contributed by atoms with Gasteiger partial charge in [-0.3, -0.25) is 14.1 Å². The molecule has 1 aliphatic heterocycles. The van der Waals surface area contributed by atoms with E-state index < -0.39 is 24.3 Å². The van der Waals surface area contributed by atoms with Crippen LogP contribution in [-0.4, -0.2) is 81.0 Å². The van der Waals surface area contributed by atoms with Gasteiger partial charge in [-0.15, -0.1) is 0 Å². The van der Waals surface area contributed by atoms with Crippen LogP contribution >= 0.6 is 23.2 Å². The lowest BCUT2D eigenvalue weighted by molar-refractivity contribution is -0.193. The number of carbonyl (C=O) groups is 3. The maximum Gasteiger partial charge on any atom is 0.490 e. The summed E-state index contributed by atoms with van der Waals surface area (Å²) in [4.78, 5) is 37.6. The van der Waals surface area contributed by atoms with Crippen LogP contribution in [-0.2, 0) is 20.9 Å². The lowest BCUT2D eigenvalue weighted by atomic mass is 10.3. The molecule has 0 spiro atoms. The molecule has 2 aromatic heterocycles. The van der Waals surface area contributed by atoms with Crippen molar-refractivity contribution in [2.45, 2.75) is 18.9 Å². The van der Waals surface area contributed by atoms with Gasteiger partial charge in [-0.05, 0) is 24.3 Å². The zero-order valence-corrected chi connectivity index (χ0v) is 22.0. The van der Waals surface area contributed by atoms with Crippen LogP contribution in [0.1, 0.15) is 16.3 Å². The smallest absolute Gasteiger partial charge is 0.475 e. The van der Waals surface area contributed by atoms with E-state index in [1.807, 2.05) is 24.4 Å². The van der Waals surface area contributed by atoms with Crippen LogP contribution in [0.25, 0.3) is 5.52 Å². The van der Waals surface area contributed by atoms with Gasteiger partial charge in [0, 0.05) is 25.8 Å². The molecule has 0 unspecified atom stereocenters. The van der Waals surface area contributed by atoms with Crippen molar-refractivity contribution in [2.75, 3.05) is 31.6 Å². The third-order valence-electron chi connectivity index (χ3n) is 4.99. The Morgan fingerprint density at radius 1 is 0.927 bits per heavy atom. The Kier molecular flexibility index (Phi) is 11.8. The van der Waals surface area contributed by atoms with Crippen molar-refractivity contribution in [2.24, 2.45) is 0 Å². The second-order valence-corrected chi connectivity index (χ2v) is 8.67. The van der Waals surface area contributed by atoms with E-state index >= 15 is 0 Å². The van der Waals surface area contributed by atoms with Gasteiger partial charge in [0.05, 0.1) is 40.2 Å². The number of carboxylic acid groups (broad SMARTS) is 2. The number of benzene rings is 1. The van der Waals surface area contributed by atoms with Gasteiger partial charge in [-0.1, -0.05) is 35.3 Å². The van der Waals surface area contributed by atoms with E-state index in [9.17, 15) is 31.1 Å². The van der Waals surface area contributed by atoms with E-state index in [0.29, 0.717) is 41.3 Å². The fraction of sp³-hybridized carbons (Fsp3) is 0.304. The Labute approximate surface area is 237 Å². The Bertz CT molecular complexity index is 1350. The first-order valence-electron chi connectivity index (χ1n) is 11.1. The molecule has 3 aromatic rings. The monoisotopic (exact) mass is 632 g/mol. The number of anilines is 1. The molecular weight excluding hydrogens is 613 g/mol. The van der Waals surface area contributed by atoms with Gasteiger partial charge in [-0.25, -0.2) is 14.6 Å². The minimum absolute atomic E-state index is 0.307. The number of aliphatic carboxylic acids is 2. The number of carbonyl (C=O) groups excluding carboxylic acids is 1.